The highest BCUT2D eigenvalue weighted by atomic mass is 16.1. The van der Waals surface area contributed by atoms with Crippen LogP contribution in [0, 0.1) is 0 Å². The number of anilines is 1. The first-order valence-electron chi connectivity index (χ1n) is 12.9. The minimum atomic E-state index is -0.590. The van der Waals surface area contributed by atoms with Crippen molar-refractivity contribution in [3.05, 3.63) is 52.8 Å². The van der Waals surface area contributed by atoms with Crippen molar-refractivity contribution in [1.29, 1.82) is 0 Å². The van der Waals surface area contributed by atoms with E-state index >= 15 is 0 Å². The summed E-state index contributed by atoms with van der Waals surface area (Å²) in [4.78, 5) is 36.7. The Morgan fingerprint density at radius 3 is 2.50 bits per heavy atom. The van der Waals surface area contributed by atoms with Gasteiger partial charge in [-0.15, -0.1) is 0 Å². The fourth-order valence-electron chi connectivity index (χ4n) is 5.26. The highest BCUT2D eigenvalue weighted by Crippen LogP contribution is 2.35. The number of piperidine rings is 1. The summed E-state index contributed by atoms with van der Waals surface area (Å²) < 4.78 is 0. The molecule has 0 unspecified atom stereocenters. The zero-order valence-corrected chi connectivity index (χ0v) is 21.3. The summed E-state index contributed by atoms with van der Waals surface area (Å²) in [5.41, 5.74) is 16.6. The van der Waals surface area contributed by atoms with E-state index in [9.17, 15) is 9.59 Å². The lowest BCUT2D eigenvalue weighted by atomic mass is 9.86. The van der Waals surface area contributed by atoms with Gasteiger partial charge < -0.3 is 21.7 Å². The van der Waals surface area contributed by atoms with Crippen molar-refractivity contribution < 1.29 is 9.59 Å². The van der Waals surface area contributed by atoms with Gasteiger partial charge in [0, 0.05) is 41.1 Å². The number of nitrogens with one attached hydrogen (secondary N) is 1. The van der Waals surface area contributed by atoms with Crippen molar-refractivity contribution in [2.24, 2.45) is 11.5 Å². The number of nitrogens with zero attached hydrogens (tertiary/aromatic N) is 3. The third kappa shape index (κ3) is 5.33. The standard InChI is InChI=1S/C28H36N6O2/c1-3-18-15-20(27(29)35)19(4-2)26(28(30)36)25(18)24-16-23(21-17-31-11-9-22(21)33-24)32-10-8-14-34-12-6-5-7-13-34/h9,11,15-17H,3-8,10,12-14H2,1-2H3,(H2,29,35)(H2,30,36)(H,32,33). The second kappa shape index (κ2) is 11.5. The number of hydrogen-bond donors (Lipinski definition) is 3. The molecular weight excluding hydrogens is 452 g/mol. The first-order chi connectivity index (χ1) is 17.4. The number of aromatic nitrogens is 2. The highest BCUT2D eigenvalue weighted by molar-refractivity contribution is 6.07. The summed E-state index contributed by atoms with van der Waals surface area (Å²) in [6.45, 7) is 8.12. The number of carbonyl (C=O) groups is 2. The lowest BCUT2D eigenvalue weighted by Gasteiger charge is -2.26. The van der Waals surface area contributed by atoms with Gasteiger partial charge in [-0.1, -0.05) is 20.3 Å². The van der Waals surface area contributed by atoms with E-state index in [0.717, 1.165) is 41.7 Å². The number of primary amides is 2. The Balaban J connectivity index is 1.76. The third-order valence-electron chi connectivity index (χ3n) is 7.04. The average Bonchev–Trinajstić information content (AvgIpc) is 2.89. The molecule has 1 saturated heterocycles. The molecule has 0 bridgehead atoms. The maximum absolute atomic E-state index is 12.7. The molecule has 1 fully saturated rings. The van der Waals surface area contributed by atoms with E-state index in [0.29, 0.717) is 40.8 Å². The Morgan fingerprint density at radius 1 is 1.06 bits per heavy atom. The number of fused-ring (bicyclic) bond motifs is 1. The summed E-state index contributed by atoms with van der Waals surface area (Å²) in [6.07, 6.45) is 9.49. The number of nitrogens with two attached hydrogens (primary N) is 2. The minimum Gasteiger partial charge on any atom is -0.384 e. The van der Waals surface area contributed by atoms with E-state index in [1.54, 1.807) is 12.3 Å². The van der Waals surface area contributed by atoms with Gasteiger partial charge >= 0.3 is 0 Å². The second-order valence-electron chi connectivity index (χ2n) is 9.38. The molecule has 36 heavy (non-hydrogen) atoms. The van der Waals surface area contributed by atoms with Gasteiger partial charge in [0.25, 0.3) is 0 Å². The van der Waals surface area contributed by atoms with Gasteiger partial charge in [-0.05, 0) is 81.1 Å². The predicted octanol–water partition coefficient (Wildman–Crippen LogP) is 3.91. The molecule has 0 atom stereocenters. The van der Waals surface area contributed by atoms with Crippen LogP contribution in [0.25, 0.3) is 22.2 Å². The lowest BCUT2D eigenvalue weighted by molar-refractivity contribution is 0.0999. The van der Waals surface area contributed by atoms with Crippen molar-refractivity contribution in [3.8, 4) is 11.3 Å². The number of rotatable bonds is 10. The molecule has 3 heterocycles. The molecule has 1 aliphatic rings. The molecule has 1 aromatic carbocycles. The van der Waals surface area contributed by atoms with Crippen molar-refractivity contribution >= 4 is 28.4 Å². The topological polar surface area (TPSA) is 127 Å². The van der Waals surface area contributed by atoms with Gasteiger partial charge in [0.1, 0.15) is 0 Å². The van der Waals surface area contributed by atoms with Gasteiger partial charge in [-0.25, -0.2) is 4.98 Å². The summed E-state index contributed by atoms with van der Waals surface area (Å²) in [7, 11) is 0. The summed E-state index contributed by atoms with van der Waals surface area (Å²) in [5, 5.41) is 4.50. The Morgan fingerprint density at radius 2 is 1.83 bits per heavy atom. The molecule has 2 amide bonds. The van der Waals surface area contributed by atoms with Crippen LogP contribution in [0.2, 0.25) is 0 Å². The smallest absolute Gasteiger partial charge is 0.249 e. The molecule has 190 valence electrons. The maximum atomic E-state index is 12.7. The van der Waals surface area contributed by atoms with Gasteiger partial charge in [-0.3, -0.25) is 14.6 Å². The molecule has 0 spiro atoms. The molecule has 8 heteroatoms. The van der Waals surface area contributed by atoms with Crippen molar-refractivity contribution in [1.82, 2.24) is 14.9 Å². The van der Waals surface area contributed by atoms with Crippen LogP contribution in [0.3, 0.4) is 0 Å². The number of amides is 2. The molecule has 3 aromatic rings. The molecule has 4 rings (SSSR count). The van der Waals surface area contributed by atoms with Crippen LogP contribution in [0.5, 0.6) is 0 Å². The average molecular weight is 489 g/mol. The molecule has 5 N–H and O–H groups in total. The fourth-order valence-corrected chi connectivity index (χ4v) is 5.26. The number of likely N-dealkylation sites (tertiary alicyclic amines) is 1. The van der Waals surface area contributed by atoms with E-state index < -0.39 is 11.8 Å². The number of benzene rings is 1. The summed E-state index contributed by atoms with van der Waals surface area (Å²) >= 11 is 0. The van der Waals surface area contributed by atoms with Gasteiger partial charge in [0.15, 0.2) is 0 Å². The Labute approximate surface area is 212 Å². The van der Waals surface area contributed by atoms with Crippen LogP contribution < -0.4 is 16.8 Å². The number of hydrogen-bond acceptors (Lipinski definition) is 6. The molecular formula is C28H36N6O2. The van der Waals surface area contributed by atoms with Crippen LogP contribution in [-0.2, 0) is 12.8 Å². The molecule has 2 aromatic heterocycles. The zero-order chi connectivity index (χ0) is 25.7. The van der Waals surface area contributed by atoms with Crippen molar-refractivity contribution in [2.75, 3.05) is 31.5 Å². The summed E-state index contributed by atoms with van der Waals surface area (Å²) in [5.74, 6) is -1.16. The van der Waals surface area contributed by atoms with Crippen LogP contribution in [0.15, 0.2) is 30.6 Å². The molecule has 1 aliphatic heterocycles. The first kappa shape index (κ1) is 25.6. The van der Waals surface area contributed by atoms with E-state index in [2.05, 4.69) is 15.2 Å². The SMILES string of the molecule is CCc1cc(C(N)=O)c(CC)c(C(N)=O)c1-c1cc(NCCCN2CCCCC2)c2cnccc2n1. The molecule has 0 radical (unpaired) electrons. The quantitative estimate of drug-likeness (QED) is 0.371. The van der Waals surface area contributed by atoms with Crippen LogP contribution in [-0.4, -0.2) is 52.9 Å². The number of pyridine rings is 2. The van der Waals surface area contributed by atoms with Crippen molar-refractivity contribution in [3.63, 3.8) is 0 Å². The largest absolute Gasteiger partial charge is 0.384 e. The fraction of sp³-hybridized carbons (Fsp3) is 0.429. The molecule has 0 saturated carbocycles. The molecule has 0 aliphatic carbocycles. The van der Waals surface area contributed by atoms with Gasteiger partial charge in [0.05, 0.1) is 16.8 Å². The van der Waals surface area contributed by atoms with Crippen LogP contribution in [0.4, 0.5) is 5.69 Å². The zero-order valence-electron chi connectivity index (χ0n) is 21.3. The number of carbonyl (C=O) groups excluding carboxylic acids is 2. The van der Waals surface area contributed by atoms with Crippen LogP contribution in [0.1, 0.15) is 71.4 Å². The maximum Gasteiger partial charge on any atom is 0.249 e. The van der Waals surface area contributed by atoms with E-state index in [1.165, 1.54) is 32.4 Å². The van der Waals surface area contributed by atoms with Crippen molar-refractivity contribution in [2.45, 2.75) is 52.4 Å². The van der Waals surface area contributed by atoms with E-state index in [1.807, 2.05) is 32.2 Å². The van der Waals surface area contributed by atoms with E-state index in [4.69, 9.17) is 16.5 Å². The van der Waals surface area contributed by atoms with E-state index in [-0.39, 0.29) is 0 Å². The first-order valence-corrected chi connectivity index (χ1v) is 12.9. The number of aryl methyl sites for hydroxylation is 1. The molecule has 8 nitrogen and oxygen atoms in total. The Bertz CT molecular complexity index is 1270. The summed E-state index contributed by atoms with van der Waals surface area (Å²) in [6, 6.07) is 5.62. The predicted molar refractivity (Wildman–Crippen MR) is 144 cm³/mol. The lowest BCUT2D eigenvalue weighted by Crippen LogP contribution is -2.31. The van der Waals surface area contributed by atoms with Gasteiger partial charge in [-0.2, -0.15) is 0 Å². The third-order valence-corrected chi connectivity index (χ3v) is 7.04. The second-order valence-corrected chi connectivity index (χ2v) is 9.38. The minimum absolute atomic E-state index is 0.322. The monoisotopic (exact) mass is 488 g/mol. The van der Waals surface area contributed by atoms with Crippen LogP contribution >= 0.6 is 0 Å². The Kier molecular flexibility index (Phi) is 8.15. The highest BCUT2D eigenvalue weighted by Gasteiger charge is 2.25. The Hall–Kier alpha value is -3.52. The normalized spacial score (nSPS) is 14.2. The van der Waals surface area contributed by atoms with Gasteiger partial charge in [0.2, 0.25) is 11.8 Å².